The summed E-state index contributed by atoms with van der Waals surface area (Å²) >= 11 is 0.863. The van der Waals surface area contributed by atoms with E-state index in [0.717, 1.165) is 26.7 Å². The first-order chi connectivity index (χ1) is 31.1. The van der Waals surface area contributed by atoms with E-state index >= 15 is 0 Å². The monoisotopic (exact) mass is 684 g/mol. The fraction of sp³-hybridized carbons (Fsp3) is 0. The molecule has 6 heteroatoms. The third-order valence-electron chi connectivity index (χ3n) is 8.84. The van der Waals surface area contributed by atoms with E-state index in [2.05, 4.69) is 0 Å². The van der Waals surface area contributed by atoms with Crippen molar-refractivity contribution in [3.63, 3.8) is 0 Å². The third-order valence-corrected chi connectivity index (χ3v) is 9.96. The van der Waals surface area contributed by atoms with Gasteiger partial charge >= 0.3 is 0 Å². The van der Waals surface area contributed by atoms with Crippen LogP contribution in [0.2, 0.25) is 0 Å². The molecule has 0 atom stereocenters. The molecule has 0 amide bonds. The van der Waals surface area contributed by atoms with Gasteiger partial charge in [-0.3, -0.25) is 0 Å². The molecule has 11 aromatic rings. The van der Waals surface area contributed by atoms with Gasteiger partial charge in [-0.25, -0.2) is 15.0 Å². The summed E-state index contributed by atoms with van der Waals surface area (Å²) in [5.74, 6) is 0.0684. The number of hydrogen-bond donors (Lipinski definition) is 0. The minimum absolute atomic E-state index is 0.0172. The fourth-order valence-corrected chi connectivity index (χ4v) is 7.69. The van der Waals surface area contributed by atoms with Gasteiger partial charge in [-0.2, -0.15) is 0 Å². The summed E-state index contributed by atoms with van der Waals surface area (Å²) in [7, 11) is 0. The molecule has 0 radical (unpaired) electrons. The number of hydrogen-bond acceptors (Lipinski definition) is 5. The summed E-state index contributed by atoms with van der Waals surface area (Å²) in [5.41, 5.74) is 0.794. The Morgan fingerprint density at radius 3 is 2.14 bits per heavy atom. The van der Waals surface area contributed by atoms with Crippen molar-refractivity contribution >= 4 is 75.3 Å². The molecule has 0 saturated carbocycles. The fourth-order valence-electron chi connectivity index (χ4n) is 6.57. The van der Waals surface area contributed by atoms with Gasteiger partial charge in [0.15, 0.2) is 17.5 Å². The Morgan fingerprint density at radius 2 is 1.25 bits per heavy atom. The van der Waals surface area contributed by atoms with Crippen LogP contribution in [0.5, 0.6) is 0 Å². The van der Waals surface area contributed by atoms with Crippen molar-refractivity contribution in [3.05, 3.63) is 157 Å². The second kappa shape index (κ2) is 10.9. The quantitative estimate of drug-likeness (QED) is 0.185. The molecule has 4 aromatic heterocycles. The van der Waals surface area contributed by atoms with Gasteiger partial charge in [-0.05, 0) is 54.4 Å². The van der Waals surface area contributed by atoms with Gasteiger partial charge < -0.3 is 8.98 Å². The zero-order valence-electron chi connectivity index (χ0n) is 40.0. The van der Waals surface area contributed by atoms with Gasteiger partial charge in [0.2, 0.25) is 0 Å². The van der Waals surface area contributed by atoms with E-state index in [0.29, 0.717) is 22.3 Å². The van der Waals surface area contributed by atoms with Gasteiger partial charge in [-0.15, -0.1) is 11.3 Å². The van der Waals surface area contributed by atoms with Crippen LogP contribution in [0.3, 0.4) is 0 Å². The number of aromatic nitrogens is 4. The Labute approximate surface area is 315 Å². The van der Waals surface area contributed by atoms with Crippen LogP contribution in [0.4, 0.5) is 0 Å². The van der Waals surface area contributed by atoms with E-state index < -0.39 is 90.3 Å². The van der Waals surface area contributed by atoms with Crippen LogP contribution < -0.4 is 0 Å². The molecule has 0 N–H and O–H groups in total. The largest absolute Gasteiger partial charge is 0.455 e. The average molecular weight is 685 g/mol. The second-order valence-corrected chi connectivity index (χ2v) is 12.7. The maximum absolute atomic E-state index is 9.57. The Balaban J connectivity index is 1.24. The smallest absolute Gasteiger partial charge is 0.167 e. The summed E-state index contributed by atoms with van der Waals surface area (Å²) in [5, 5.41) is 1.40. The Bertz CT molecular complexity index is 3930. The standard InChI is InChI=1S/C45H26N4OS/c1-2-11-27(12-3-1)43-46-44(48-45(47-43)35-17-10-16-32-30-13-5-8-19-38(30)50-41(32)35)28-21-23-29(24-22-28)49-36-18-7-4-15-34(36)40-37(49)26-25-33-31-14-6-9-20-39(31)51-42(33)40/h1-26H/i4D,6D,7D,9D,14D,15D,18D,20D,21D,22D,23D,24D,25D,26D. The molecule has 51 heavy (non-hydrogen) atoms. The first kappa shape index (κ1) is 17.9. The summed E-state index contributed by atoms with van der Waals surface area (Å²) in [4.78, 5) is 14.3. The molecule has 0 spiro atoms. The van der Waals surface area contributed by atoms with E-state index in [9.17, 15) is 8.22 Å². The third kappa shape index (κ3) is 4.30. The lowest BCUT2D eigenvalue weighted by Gasteiger charge is -2.11. The van der Waals surface area contributed by atoms with Gasteiger partial charge in [0.25, 0.3) is 0 Å². The van der Waals surface area contributed by atoms with Crippen LogP contribution in [0.1, 0.15) is 19.2 Å². The molecule has 0 unspecified atom stereocenters. The van der Waals surface area contributed by atoms with Crippen LogP contribution in [0.15, 0.2) is 162 Å². The Morgan fingerprint density at radius 1 is 0.529 bits per heavy atom. The second-order valence-electron chi connectivity index (χ2n) is 11.7. The molecule has 0 aliphatic rings. The zero-order valence-corrected chi connectivity index (χ0v) is 26.9. The van der Waals surface area contributed by atoms with E-state index in [4.69, 9.17) is 30.3 Å². The van der Waals surface area contributed by atoms with Gasteiger partial charge in [0.05, 0.1) is 35.8 Å². The number of furan rings is 1. The van der Waals surface area contributed by atoms with Crippen molar-refractivity contribution in [3.8, 4) is 39.9 Å². The molecule has 0 aliphatic carbocycles. The highest BCUT2D eigenvalue weighted by Crippen LogP contribution is 2.43. The van der Waals surface area contributed by atoms with Crippen LogP contribution in [0, 0.1) is 0 Å². The Hall–Kier alpha value is -6.63. The maximum Gasteiger partial charge on any atom is 0.167 e. The molecule has 11 rings (SSSR count). The highest BCUT2D eigenvalue weighted by Gasteiger charge is 2.20. The molecule has 238 valence electrons. The van der Waals surface area contributed by atoms with E-state index in [-0.39, 0.29) is 65.0 Å². The van der Waals surface area contributed by atoms with Crippen molar-refractivity contribution in [1.82, 2.24) is 19.5 Å². The molecule has 0 aliphatic heterocycles. The first-order valence-corrected chi connectivity index (χ1v) is 16.6. The lowest BCUT2D eigenvalue weighted by atomic mass is 10.1. The van der Waals surface area contributed by atoms with E-state index in [1.165, 1.54) is 0 Å². The minimum Gasteiger partial charge on any atom is -0.455 e. The predicted molar refractivity (Wildman–Crippen MR) is 211 cm³/mol. The van der Waals surface area contributed by atoms with Crippen molar-refractivity contribution in [1.29, 1.82) is 0 Å². The number of para-hydroxylation sites is 3. The van der Waals surface area contributed by atoms with Crippen LogP contribution >= 0.6 is 11.3 Å². The molecule has 4 heterocycles. The summed E-state index contributed by atoms with van der Waals surface area (Å²) in [6.07, 6.45) is 0. The number of benzene rings is 7. The van der Waals surface area contributed by atoms with Crippen LogP contribution in [-0.4, -0.2) is 19.5 Å². The molecule has 0 bridgehead atoms. The predicted octanol–water partition coefficient (Wildman–Crippen LogP) is 12.2. The molecular weight excluding hydrogens is 645 g/mol. The summed E-state index contributed by atoms with van der Waals surface area (Å²) in [6.45, 7) is 0. The van der Waals surface area contributed by atoms with Gasteiger partial charge in [-0.1, -0.05) is 103 Å². The zero-order chi connectivity index (χ0) is 45.7. The van der Waals surface area contributed by atoms with Crippen molar-refractivity contribution < 1.29 is 23.6 Å². The lowest BCUT2D eigenvalue weighted by Crippen LogP contribution is -2.00. The van der Waals surface area contributed by atoms with Crippen LogP contribution in [0.25, 0.3) is 104 Å². The molecule has 0 fully saturated rings. The first-order valence-electron chi connectivity index (χ1n) is 22.8. The molecule has 7 aromatic carbocycles. The maximum atomic E-state index is 9.57. The number of fused-ring (bicyclic) bond motifs is 10. The van der Waals surface area contributed by atoms with Crippen molar-refractivity contribution in [2.75, 3.05) is 0 Å². The number of rotatable bonds is 4. The highest BCUT2D eigenvalue weighted by molar-refractivity contribution is 7.26. The van der Waals surface area contributed by atoms with Crippen molar-refractivity contribution in [2.45, 2.75) is 0 Å². The average Bonchev–Trinajstić information content (AvgIpc) is 4.01. The summed E-state index contributed by atoms with van der Waals surface area (Å²) in [6, 6.07) is 13.8. The summed E-state index contributed by atoms with van der Waals surface area (Å²) < 4.78 is 134. The SMILES string of the molecule is [2H]c1c([2H])c(-n2c3c([2H])c([2H])c([2H])c([2H])c3c3c4sc5c([2H])c([2H])c([2H])c([2H])c5c4c([2H])c([2H])c32)c([2H])c([2H])c1-c1nc(-c2ccccc2)nc(-c2cccc3c2oc2ccccc23)n1. The Kier molecular flexibility index (Phi) is 3.83. The number of thiophene rings is 1. The highest BCUT2D eigenvalue weighted by atomic mass is 32.1. The topological polar surface area (TPSA) is 56.7 Å². The van der Waals surface area contributed by atoms with Crippen molar-refractivity contribution in [2.24, 2.45) is 0 Å². The molecule has 5 nitrogen and oxygen atoms in total. The normalized spacial score (nSPS) is 15.8. The molecular formula is C45H26N4OS. The van der Waals surface area contributed by atoms with E-state index in [1.54, 1.807) is 30.3 Å². The van der Waals surface area contributed by atoms with E-state index in [1.807, 2.05) is 42.5 Å². The lowest BCUT2D eigenvalue weighted by molar-refractivity contribution is 0.669. The van der Waals surface area contributed by atoms with Gasteiger partial charge in [0, 0.05) is 58.5 Å². The number of nitrogens with zero attached hydrogens (tertiary/aromatic N) is 4. The molecule has 0 saturated heterocycles. The minimum atomic E-state index is -0.686. The van der Waals surface area contributed by atoms with Gasteiger partial charge in [0.1, 0.15) is 11.2 Å². The van der Waals surface area contributed by atoms with Crippen LogP contribution in [-0.2, 0) is 0 Å².